The Morgan fingerprint density at radius 2 is 1.41 bits per heavy atom. The molecule has 0 aliphatic carbocycles. The first-order valence-corrected chi connectivity index (χ1v) is 15.0. The lowest BCUT2D eigenvalue weighted by Crippen LogP contribution is -2.35. The van der Waals surface area contributed by atoms with E-state index in [9.17, 15) is 24.0 Å². The summed E-state index contributed by atoms with van der Waals surface area (Å²) < 4.78 is 16.3. The second kappa shape index (κ2) is 26.9. The van der Waals surface area contributed by atoms with Gasteiger partial charge in [-0.25, -0.2) is 0 Å². The SMILES string of the molecule is C=C(N)NCCC[C@H](CC(=O)CNC(=O)[C@@H](C)CCC(=O)NCCCOCCOCCOCCCNC(C)=O)C(=O)C=[N+]=[N-]. The van der Waals surface area contributed by atoms with Gasteiger partial charge in [0.05, 0.1) is 38.8 Å². The predicted octanol–water partition coefficient (Wildman–Crippen LogP) is -0.154. The van der Waals surface area contributed by atoms with E-state index in [-0.39, 0.29) is 42.9 Å². The molecule has 0 rings (SSSR count). The smallest absolute Gasteiger partial charge is 0.323 e. The van der Waals surface area contributed by atoms with Crippen LogP contribution in [-0.4, -0.2) is 106 Å². The molecule has 0 saturated carbocycles. The molecule has 0 unspecified atom stereocenters. The maximum absolute atomic E-state index is 12.4. The molecule has 0 aromatic heterocycles. The molecular formula is C29H51N7O8. The molecule has 15 nitrogen and oxygen atoms in total. The Morgan fingerprint density at radius 1 is 0.841 bits per heavy atom. The highest BCUT2D eigenvalue weighted by atomic mass is 16.5. The molecule has 250 valence electrons. The lowest BCUT2D eigenvalue weighted by molar-refractivity contribution is -0.129. The summed E-state index contributed by atoms with van der Waals surface area (Å²) in [5, 5.41) is 10.9. The van der Waals surface area contributed by atoms with Crippen LogP contribution < -0.4 is 27.0 Å². The van der Waals surface area contributed by atoms with Crippen molar-refractivity contribution in [3.05, 3.63) is 17.9 Å². The van der Waals surface area contributed by atoms with Gasteiger partial charge >= 0.3 is 6.21 Å². The average molecular weight is 626 g/mol. The summed E-state index contributed by atoms with van der Waals surface area (Å²) in [5.74, 6) is -2.29. The normalized spacial score (nSPS) is 11.9. The maximum atomic E-state index is 12.4. The minimum absolute atomic E-state index is 0.0538. The van der Waals surface area contributed by atoms with Crippen LogP contribution in [0.2, 0.25) is 0 Å². The first-order chi connectivity index (χ1) is 21.1. The molecule has 0 aliphatic heterocycles. The van der Waals surface area contributed by atoms with Gasteiger partial charge in [-0.3, -0.25) is 24.0 Å². The van der Waals surface area contributed by atoms with Gasteiger partial charge in [-0.05, 0) is 32.1 Å². The fourth-order valence-electron chi connectivity index (χ4n) is 3.76. The van der Waals surface area contributed by atoms with E-state index in [1.165, 1.54) is 6.92 Å². The predicted molar refractivity (Wildman–Crippen MR) is 163 cm³/mol. The van der Waals surface area contributed by atoms with E-state index in [0.717, 1.165) is 12.6 Å². The van der Waals surface area contributed by atoms with Gasteiger partial charge in [0.15, 0.2) is 5.78 Å². The third-order valence-corrected chi connectivity index (χ3v) is 6.23. The van der Waals surface area contributed by atoms with Crippen molar-refractivity contribution in [2.24, 2.45) is 17.6 Å². The number of carbonyl (C=O) groups is 5. The van der Waals surface area contributed by atoms with Crippen molar-refractivity contribution in [3.8, 4) is 0 Å². The topological polar surface area (TPSA) is 224 Å². The van der Waals surface area contributed by atoms with E-state index in [4.69, 9.17) is 25.5 Å². The van der Waals surface area contributed by atoms with Crippen molar-refractivity contribution in [1.82, 2.24) is 21.3 Å². The molecule has 44 heavy (non-hydrogen) atoms. The average Bonchev–Trinajstić information content (AvgIpc) is 2.97. The fraction of sp³-hybridized carbons (Fsp3) is 0.724. The van der Waals surface area contributed by atoms with E-state index < -0.39 is 17.6 Å². The number of ether oxygens (including phenoxy) is 3. The molecular weight excluding hydrogens is 574 g/mol. The molecule has 0 spiro atoms. The Morgan fingerprint density at radius 3 is 1.98 bits per heavy atom. The molecule has 15 heteroatoms. The van der Waals surface area contributed by atoms with E-state index >= 15 is 0 Å². The number of Topliss-reactive ketones (excluding diaryl/α,β-unsaturated/α-hetero) is 2. The van der Waals surface area contributed by atoms with Crippen molar-refractivity contribution in [1.29, 1.82) is 0 Å². The molecule has 0 fully saturated rings. The van der Waals surface area contributed by atoms with Gasteiger partial charge < -0.3 is 46.7 Å². The monoisotopic (exact) mass is 625 g/mol. The number of hydrogen-bond donors (Lipinski definition) is 5. The van der Waals surface area contributed by atoms with Crippen LogP contribution in [0.3, 0.4) is 0 Å². The number of amides is 3. The third-order valence-electron chi connectivity index (χ3n) is 6.23. The van der Waals surface area contributed by atoms with Crippen LogP contribution in [0, 0.1) is 11.8 Å². The van der Waals surface area contributed by atoms with Gasteiger partial charge in [0.2, 0.25) is 23.5 Å². The summed E-state index contributed by atoms with van der Waals surface area (Å²) in [5.41, 5.74) is 14.1. The molecule has 0 bridgehead atoms. The minimum atomic E-state index is -0.688. The number of ketones is 2. The molecule has 0 aromatic carbocycles. The highest BCUT2D eigenvalue weighted by molar-refractivity contribution is 6.26. The number of rotatable bonds is 29. The lowest BCUT2D eigenvalue weighted by Gasteiger charge is -2.14. The van der Waals surface area contributed by atoms with Crippen LogP contribution in [0.5, 0.6) is 0 Å². The third kappa shape index (κ3) is 24.9. The highest BCUT2D eigenvalue weighted by Gasteiger charge is 2.23. The summed E-state index contributed by atoms with van der Waals surface area (Å²) in [6.07, 6.45) is 3.40. The Labute approximate surface area is 260 Å². The van der Waals surface area contributed by atoms with Crippen molar-refractivity contribution in [2.45, 2.75) is 58.8 Å². The van der Waals surface area contributed by atoms with Gasteiger partial charge in [-0.15, -0.1) is 0 Å². The summed E-state index contributed by atoms with van der Waals surface area (Å²) in [6.45, 7) is 10.8. The number of carbonyl (C=O) groups excluding carboxylic acids is 5. The minimum Gasteiger partial charge on any atom is -0.386 e. The van der Waals surface area contributed by atoms with Gasteiger partial charge in [0.25, 0.3) is 0 Å². The fourth-order valence-corrected chi connectivity index (χ4v) is 3.76. The van der Waals surface area contributed by atoms with Crippen molar-refractivity contribution >= 4 is 35.5 Å². The maximum Gasteiger partial charge on any atom is 0.323 e. The molecule has 3 amide bonds. The molecule has 0 aliphatic rings. The zero-order valence-corrected chi connectivity index (χ0v) is 26.2. The van der Waals surface area contributed by atoms with Gasteiger partial charge in [-0.2, -0.15) is 4.79 Å². The van der Waals surface area contributed by atoms with Crippen LogP contribution >= 0.6 is 0 Å². The summed E-state index contributed by atoms with van der Waals surface area (Å²) in [7, 11) is 0. The zero-order valence-electron chi connectivity index (χ0n) is 26.2. The Hall–Kier alpha value is -3.65. The lowest BCUT2D eigenvalue weighted by atomic mass is 9.93. The first kappa shape index (κ1) is 40.4. The van der Waals surface area contributed by atoms with Crippen molar-refractivity contribution in [3.63, 3.8) is 0 Å². The number of hydrogen-bond acceptors (Lipinski definition) is 10. The summed E-state index contributed by atoms with van der Waals surface area (Å²) >= 11 is 0. The van der Waals surface area contributed by atoms with Crippen LogP contribution in [-0.2, 0) is 38.2 Å². The second-order valence-corrected chi connectivity index (χ2v) is 10.2. The number of nitrogens with one attached hydrogen (secondary N) is 4. The Kier molecular flexibility index (Phi) is 24.7. The van der Waals surface area contributed by atoms with Crippen molar-refractivity contribution in [2.75, 3.05) is 65.8 Å². The number of nitrogens with zero attached hydrogens (tertiary/aromatic N) is 2. The van der Waals surface area contributed by atoms with E-state index in [1.54, 1.807) is 6.92 Å². The van der Waals surface area contributed by atoms with Crippen LogP contribution in [0.1, 0.15) is 58.8 Å². The second-order valence-electron chi connectivity index (χ2n) is 10.2. The summed E-state index contributed by atoms with van der Waals surface area (Å²) in [6, 6.07) is 0. The van der Waals surface area contributed by atoms with Gasteiger partial charge in [0.1, 0.15) is 0 Å². The summed E-state index contributed by atoms with van der Waals surface area (Å²) in [4.78, 5) is 62.5. The standard InChI is InChI=1S/C29H51N7O8/c1-22(29(41)35-20-26(38)19-25(27(39)21-36-31)7-4-10-32-23(2)30)8-9-28(40)34-12-6-14-43-16-18-44-17-15-42-13-5-11-33-24(3)37/h21-22,25,32H,2,4-20,30H2,1,3H3,(H,33,37)(H,34,40)(H,35,41)/t22-,25+/m0/s1. The number of nitrogens with two attached hydrogens (primary N) is 1. The molecule has 6 N–H and O–H groups in total. The molecule has 2 atom stereocenters. The molecule has 0 aromatic rings. The largest absolute Gasteiger partial charge is 0.386 e. The molecule has 0 radical (unpaired) electrons. The quantitative estimate of drug-likeness (QED) is 0.0320. The van der Waals surface area contributed by atoms with E-state index in [0.29, 0.717) is 90.8 Å². The Bertz CT molecular complexity index is 941. The zero-order chi connectivity index (χ0) is 33.0. The first-order valence-electron chi connectivity index (χ1n) is 15.0. The van der Waals surface area contributed by atoms with E-state index in [1.807, 2.05) is 0 Å². The highest BCUT2D eigenvalue weighted by Crippen LogP contribution is 2.13. The Balaban J connectivity index is 3.93. The van der Waals surface area contributed by atoms with Crippen molar-refractivity contribution < 1.29 is 43.0 Å². The molecule has 0 saturated heterocycles. The van der Waals surface area contributed by atoms with Gasteiger partial charge in [0, 0.05) is 64.4 Å². The van der Waals surface area contributed by atoms with E-state index in [2.05, 4.69) is 32.6 Å². The van der Waals surface area contributed by atoms with Crippen LogP contribution in [0.25, 0.3) is 5.53 Å². The molecule has 0 heterocycles. The van der Waals surface area contributed by atoms with Crippen LogP contribution in [0.15, 0.2) is 12.4 Å². The van der Waals surface area contributed by atoms with Crippen LogP contribution in [0.4, 0.5) is 0 Å². The van der Waals surface area contributed by atoms with Gasteiger partial charge in [-0.1, -0.05) is 13.5 Å².